The van der Waals surface area contributed by atoms with Crippen molar-refractivity contribution < 1.29 is 19.1 Å². The standard InChI is InChI=1S/C17H25NO2.C17H23NO2/c2*1-17(2,3)20-16(19)18-11-7-10-15(13-18)12-14-8-5-4-6-9-14/h4-6,8-9,15H,7,10-13H2,1-3H3;4-6,8-9,12H,7,10-11,13H2,1-3H3. The monoisotopic (exact) mass is 548 g/mol. The highest BCUT2D eigenvalue weighted by Crippen LogP contribution is 2.23. The van der Waals surface area contributed by atoms with Crippen molar-refractivity contribution in [2.75, 3.05) is 26.2 Å². The predicted octanol–water partition coefficient (Wildman–Crippen LogP) is 7.98. The van der Waals surface area contributed by atoms with Crippen LogP contribution in [0.25, 0.3) is 6.08 Å². The van der Waals surface area contributed by atoms with E-state index >= 15 is 0 Å². The maximum absolute atomic E-state index is 12.1. The predicted molar refractivity (Wildman–Crippen MR) is 162 cm³/mol. The zero-order valence-corrected chi connectivity index (χ0v) is 25.3. The molecule has 0 saturated carbocycles. The molecule has 0 N–H and O–H groups in total. The summed E-state index contributed by atoms with van der Waals surface area (Å²) in [6.07, 6.45) is 7.14. The van der Waals surface area contributed by atoms with Crippen LogP contribution in [0.5, 0.6) is 0 Å². The van der Waals surface area contributed by atoms with Gasteiger partial charge in [-0.05, 0) is 90.7 Å². The summed E-state index contributed by atoms with van der Waals surface area (Å²) < 4.78 is 10.9. The van der Waals surface area contributed by atoms with Crippen molar-refractivity contribution >= 4 is 18.3 Å². The summed E-state index contributed by atoms with van der Waals surface area (Å²) in [7, 11) is 0. The molecule has 40 heavy (non-hydrogen) atoms. The van der Waals surface area contributed by atoms with E-state index in [0.717, 1.165) is 45.3 Å². The van der Waals surface area contributed by atoms with Gasteiger partial charge in [0.2, 0.25) is 0 Å². The van der Waals surface area contributed by atoms with Crippen LogP contribution in [0.1, 0.15) is 78.4 Å². The average molecular weight is 549 g/mol. The molecule has 0 bridgehead atoms. The second-order valence-corrected chi connectivity index (χ2v) is 12.8. The number of benzene rings is 2. The van der Waals surface area contributed by atoms with E-state index in [1.165, 1.54) is 23.1 Å². The van der Waals surface area contributed by atoms with Gasteiger partial charge in [-0.25, -0.2) is 9.59 Å². The molecule has 0 aromatic heterocycles. The van der Waals surface area contributed by atoms with Crippen LogP contribution in [-0.2, 0) is 15.9 Å². The topological polar surface area (TPSA) is 59.1 Å². The average Bonchev–Trinajstić information content (AvgIpc) is 2.89. The molecule has 2 aromatic carbocycles. The van der Waals surface area contributed by atoms with Crippen LogP contribution in [0.15, 0.2) is 66.2 Å². The van der Waals surface area contributed by atoms with Gasteiger partial charge in [-0.3, -0.25) is 0 Å². The first-order valence-electron chi connectivity index (χ1n) is 14.6. The molecule has 2 amide bonds. The number of ether oxygens (including phenoxy) is 2. The van der Waals surface area contributed by atoms with Gasteiger partial charge in [0.05, 0.1) is 0 Å². The summed E-state index contributed by atoms with van der Waals surface area (Å²) >= 11 is 0. The van der Waals surface area contributed by atoms with E-state index in [2.05, 4.69) is 42.5 Å². The van der Waals surface area contributed by atoms with Gasteiger partial charge in [0, 0.05) is 26.2 Å². The fraction of sp³-hybridized carbons (Fsp3) is 0.529. The van der Waals surface area contributed by atoms with Crippen molar-refractivity contribution in [3.8, 4) is 0 Å². The van der Waals surface area contributed by atoms with Gasteiger partial charge < -0.3 is 19.3 Å². The molecule has 2 saturated heterocycles. The molecule has 2 heterocycles. The van der Waals surface area contributed by atoms with Gasteiger partial charge in [-0.2, -0.15) is 0 Å². The van der Waals surface area contributed by atoms with Gasteiger partial charge in [-0.1, -0.05) is 72.3 Å². The fourth-order valence-electron chi connectivity index (χ4n) is 4.96. The Hall–Kier alpha value is -3.28. The van der Waals surface area contributed by atoms with E-state index in [1.807, 2.05) is 70.7 Å². The largest absolute Gasteiger partial charge is 0.444 e. The lowest BCUT2D eigenvalue weighted by Gasteiger charge is -2.34. The van der Waals surface area contributed by atoms with E-state index < -0.39 is 11.2 Å². The Morgan fingerprint density at radius 3 is 1.95 bits per heavy atom. The van der Waals surface area contributed by atoms with Gasteiger partial charge in [0.1, 0.15) is 11.2 Å². The van der Waals surface area contributed by atoms with E-state index in [0.29, 0.717) is 12.5 Å². The number of nitrogens with zero attached hydrogens (tertiary/aromatic N) is 2. The lowest BCUT2D eigenvalue weighted by Crippen LogP contribution is -2.43. The zero-order chi connectivity index (χ0) is 29.2. The lowest BCUT2D eigenvalue weighted by molar-refractivity contribution is 0.0165. The van der Waals surface area contributed by atoms with Crippen LogP contribution in [0, 0.1) is 5.92 Å². The summed E-state index contributed by atoms with van der Waals surface area (Å²) in [6, 6.07) is 20.7. The highest BCUT2D eigenvalue weighted by molar-refractivity contribution is 5.69. The van der Waals surface area contributed by atoms with Crippen molar-refractivity contribution in [3.05, 3.63) is 77.4 Å². The van der Waals surface area contributed by atoms with Crippen molar-refractivity contribution in [3.63, 3.8) is 0 Å². The molecule has 2 fully saturated rings. The number of amides is 2. The van der Waals surface area contributed by atoms with Crippen molar-refractivity contribution in [1.29, 1.82) is 0 Å². The molecule has 2 aromatic rings. The van der Waals surface area contributed by atoms with Gasteiger partial charge in [0.15, 0.2) is 0 Å². The first-order chi connectivity index (χ1) is 18.9. The Morgan fingerprint density at radius 1 is 0.800 bits per heavy atom. The number of hydrogen-bond acceptors (Lipinski definition) is 4. The number of likely N-dealkylation sites (tertiary alicyclic amines) is 2. The molecule has 4 rings (SSSR count). The van der Waals surface area contributed by atoms with Crippen molar-refractivity contribution in [2.24, 2.45) is 5.92 Å². The van der Waals surface area contributed by atoms with Gasteiger partial charge in [0.25, 0.3) is 0 Å². The van der Waals surface area contributed by atoms with Crippen molar-refractivity contribution in [2.45, 2.75) is 84.8 Å². The highest BCUT2D eigenvalue weighted by atomic mass is 16.6. The summed E-state index contributed by atoms with van der Waals surface area (Å²) in [5.41, 5.74) is 2.98. The molecule has 6 heteroatoms. The van der Waals surface area contributed by atoms with Crippen LogP contribution in [-0.4, -0.2) is 59.4 Å². The van der Waals surface area contributed by atoms with Gasteiger partial charge >= 0.3 is 12.2 Å². The van der Waals surface area contributed by atoms with Crippen LogP contribution >= 0.6 is 0 Å². The quantitative estimate of drug-likeness (QED) is 0.390. The SMILES string of the molecule is CC(C)(C)OC(=O)N1CCCC(=Cc2ccccc2)C1.CC(C)(C)OC(=O)N1CCCC(Cc2ccccc2)C1. The van der Waals surface area contributed by atoms with E-state index in [4.69, 9.17) is 9.47 Å². The summed E-state index contributed by atoms with van der Waals surface area (Å²) in [5, 5.41) is 0. The third kappa shape index (κ3) is 11.4. The fourth-order valence-corrected chi connectivity index (χ4v) is 4.96. The third-order valence-corrected chi connectivity index (χ3v) is 6.68. The summed E-state index contributed by atoms with van der Waals surface area (Å²) in [4.78, 5) is 27.9. The number of carbonyl (C=O) groups is 2. The first-order valence-corrected chi connectivity index (χ1v) is 14.6. The molecule has 2 aliphatic rings. The first kappa shape index (κ1) is 31.3. The third-order valence-electron chi connectivity index (χ3n) is 6.68. The van der Waals surface area contributed by atoms with Crippen LogP contribution in [0.3, 0.4) is 0 Å². The molecule has 6 nitrogen and oxygen atoms in total. The van der Waals surface area contributed by atoms with Crippen molar-refractivity contribution in [1.82, 2.24) is 9.80 Å². The number of rotatable bonds is 3. The summed E-state index contributed by atoms with van der Waals surface area (Å²) in [5.74, 6) is 0.540. The normalized spacial score (nSPS) is 18.9. The molecule has 2 aliphatic heterocycles. The maximum atomic E-state index is 12.1. The Balaban J connectivity index is 0.000000220. The second-order valence-electron chi connectivity index (χ2n) is 12.8. The van der Waals surface area contributed by atoms with E-state index in [9.17, 15) is 9.59 Å². The summed E-state index contributed by atoms with van der Waals surface area (Å²) in [6.45, 7) is 14.5. The molecule has 1 unspecified atom stereocenters. The van der Waals surface area contributed by atoms with E-state index in [1.54, 1.807) is 4.90 Å². The Kier molecular flexibility index (Phi) is 11.2. The molecule has 218 valence electrons. The minimum atomic E-state index is -0.433. The van der Waals surface area contributed by atoms with Crippen LogP contribution < -0.4 is 0 Å². The number of piperidine rings is 2. The zero-order valence-electron chi connectivity index (χ0n) is 25.3. The lowest BCUT2D eigenvalue weighted by atomic mass is 9.91. The van der Waals surface area contributed by atoms with E-state index in [-0.39, 0.29) is 12.2 Å². The second kappa shape index (κ2) is 14.4. The molecule has 0 spiro atoms. The Bertz CT molecular complexity index is 1100. The number of carbonyl (C=O) groups excluding carboxylic acids is 2. The van der Waals surface area contributed by atoms with Crippen LogP contribution in [0.4, 0.5) is 9.59 Å². The molecule has 0 aliphatic carbocycles. The highest BCUT2D eigenvalue weighted by Gasteiger charge is 2.28. The Morgan fingerprint density at radius 2 is 1.35 bits per heavy atom. The molecular formula is C34H48N2O4. The maximum Gasteiger partial charge on any atom is 0.410 e. The minimum absolute atomic E-state index is 0.171. The molecule has 1 atom stereocenters. The Labute approximate surface area is 241 Å². The molecule has 0 radical (unpaired) electrons. The number of hydrogen-bond donors (Lipinski definition) is 0. The minimum Gasteiger partial charge on any atom is -0.444 e. The smallest absolute Gasteiger partial charge is 0.410 e. The molecular weight excluding hydrogens is 500 g/mol. The van der Waals surface area contributed by atoms with Gasteiger partial charge in [-0.15, -0.1) is 0 Å². The van der Waals surface area contributed by atoms with Crippen LogP contribution in [0.2, 0.25) is 0 Å².